The molecule has 1 N–H and O–H groups in total. The average Bonchev–Trinajstić information content (AvgIpc) is 2.88. The summed E-state index contributed by atoms with van der Waals surface area (Å²) in [6.45, 7) is 0. The molecular weight excluding hydrogens is 150 g/mol. The van der Waals surface area contributed by atoms with Gasteiger partial charge in [-0.15, -0.1) is 0 Å². The van der Waals surface area contributed by atoms with Gasteiger partial charge in [0.25, 0.3) is 0 Å². The molecule has 60 valence electrons. The fraction of sp³-hybridized carbons (Fsp3) is 0.300. The monoisotopic (exact) mass is 159 g/mol. The summed E-state index contributed by atoms with van der Waals surface area (Å²) in [5, 5.41) is 18.2. The molecule has 0 aromatic heterocycles. The smallest absolute Gasteiger partial charge is 0.136 e. The zero-order chi connectivity index (χ0) is 8.55. The first-order chi connectivity index (χ1) is 5.83. The minimum atomic E-state index is 0.183. The van der Waals surface area contributed by atoms with Gasteiger partial charge in [0.05, 0.1) is 5.56 Å². The minimum absolute atomic E-state index is 0.183. The number of rotatable bonds is 1. The number of nitriles is 1. The standard InChI is InChI=1S/C10H9NO/c11-6-8-2-1-3-9(10(8)12)7-4-5-7/h1-3,7,12H,4-5H2. The lowest BCUT2D eigenvalue weighted by Crippen LogP contribution is -1.83. The maximum atomic E-state index is 9.58. The van der Waals surface area contributed by atoms with Crippen molar-refractivity contribution in [2.75, 3.05) is 0 Å². The third-order valence-corrected chi connectivity index (χ3v) is 2.20. The van der Waals surface area contributed by atoms with Gasteiger partial charge in [0.2, 0.25) is 0 Å². The van der Waals surface area contributed by atoms with Crippen LogP contribution in [0.3, 0.4) is 0 Å². The number of para-hydroxylation sites is 1. The molecule has 0 aliphatic heterocycles. The molecule has 2 nitrogen and oxygen atoms in total. The predicted molar refractivity (Wildman–Crippen MR) is 44.8 cm³/mol. The number of phenols is 1. The van der Waals surface area contributed by atoms with Crippen molar-refractivity contribution < 1.29 is 5.11 Å². The van der Waals surface area contributed by atoms with Gasteiger partial charge in [-0.05, 0) is 30.4 Å². The highest BCUT2D eigenvalue weighted by Crippen LogP contribution is 2.44. The second kappa shape index (κ2) is 2.53. The Kier molecular flexibility index (Phi) is 1.51. The van der Waals surface area contributed by atoms with E-state index in [0.717, 1.165) is 18.4 Å². The number of aromatic hydroxyl groups is 1. The van der Waals surface area contributed by atoms with Crippen molar-refractivity contribution in [1.29, 1.82) is 5.26 Å². The van der Waals surface area contributed by atoms with E-state index in [1.54, 1.807) is 6.07 Å². The highest BCUT2D eigenvalue weighted by Gasteiger charge is 2.26. The Bertz CT molecular complexity index is 347. The summed E-state index contributed by atoms with van der Waals surface area (Å²) < 4.78 is 0. The normalized spacial score (nSPS) is 15.6. The lowest BCUT2D eigenvalue weighted by atomic mass is 10.1. The summed E-state index contributed by atoms with van der Waals surface area (Å²) in [5.74, 6) is 0.681. The van der Waals surface area contributed by atoms with Gasteiger partial charge < -0.3 is 5.11 Å². The Hall–Kier alpha value is -1.49. The first kappa shape index (κ1) is 7.17. The van der Waals surface area contributed by atoms with Crippen LogP contribution in [0.15, 0.2) is 18.2 Å². The van der Waals surface area contributed by atoms with Crippen molar-refractivity contribution in [1.82, 2.24) is 0 Å². The van der Waals surface area contributed by atoms with Crippen LogP contribution in [0.5, 0.6) is 5.75 Å². The summed E-state index contributed by atoms with van der Waals surface area (Å²) in [6.07, 6.45) is 2.28. The van der Waals surface area contributed by atoms with E-state index in [9.17, 15) is 5.11 Å². The Labute approximate surface area is 71.1 Å². The first-order valence-electron chi connectivity index (χ1n) is 4.05. The Morgan fingerprint density at radius 2 is 2.17 bits per heavy atom. The average molecular weight is 159 g/mol. The summed E-state index contributed by atoms with van der Waals surface area (Å²) >= 11 is 0. The topological polar surface area (TPSA) is 44.0 Å². The molecule has 2 heteroatoms. The van der Waals surface area contributed by atoms with Gasteiger partial charge in [0, 0.05) is 0 Å². The molecule has 1 aliphatic rings. The molecule has 1 fully saturated rings. The third kappa shape index (κ3) is 1.04. The van der Waals surface area contributed by atoms with Gasteiger partial charge in [0.1, 0.15) is 11.8 Å². The molecule has 0 amide bonds. The van der Waals surface area contributed by atoms with Crippen LogP contribution in [0.4, 0.5) is 0 Å². The van der Waals surface area contributed by atoms with Crippen molar-refractivity contribution in [3.05, 3.63) is 29.3 Å². The molecule has 1 aliphatic carbocycles. The lowest BCUT2D eigenvalue weighted by Gasteiger charge is -2.02. The number of benzene rings is 1. The van der Waals surface area contributed by atoms with Gasteiger partial charge in [-0.3, -0.25) is 0 Å². The fourth-order valence-corrected chi connectivity index (χ4v) is 1.38. The largest absolute Gasteiger partial charge is 0.506 e. The molecule has 0 atom stereocenters. The molecule has 0 bridgehead atoms. The number of phenolic OH excluding ortho intramolecular Hbond substituents is 1. The molecule has 0 saturated heterocycles. The zero-order valence-corrected chi connectivity index (χ0v) is 6.62. The van der Waals surface area contributed by atoms with E-state index < -0.39 is 0 Å². The van der Waals surface area contributed by atoms with E-state index in [4.69, 9.17) is 5.26 Å². The molecule has 0 radical (unpaired) electrons. The van der Waals surface area contributed by atoms with Crippen molar-refractivity contribution in [2.24, 2.45) is 0 Å². The van der Waals surface area contributed by atoms with E-state index in [1.807, 2.05) is 18.2 Å². The number of hydrogen-bond acceptors (Lipinski definition) is 2. The Morgan fingerprint density at radius 3 is 2.75 bits per heavy atom. The maximum absolute atomic E-state index is 9.58. The van der Waals surface area contributed by atoms with Crippen LogP contribution in [0.25, 0.3) is 0 Å². The van der Waals surface area contributed by atoms with E-state index in [1.165, 1.54) is 0 Å². The third-order valence-electron chi connectivity index (χ3n) is 2.20. The molecule has 0 heterocycles. The van der Waals surface area contributed by atoms with Crippen LogP contribution in [0.1, 0.15) is 29.9 Å². The van der Waals surface area contributed by atoms with Crippen molar-refractivity contribution in [3.63, 3.8) is 0 Å². The Morgan fingerprint density at radius 1 is 1.42 bits per heavy atom. The van der Waals surface area contributed by atoms with Crippen LogP contribution in [0.2, 0.25) is 0 Å². The van der Waals surface area contributed by atoms with Crippen molar-refractivity contribution in [3.8, 4) is 11.8 Å². The summed E-state index contributed by atoms with van der Waals surface area (Å²) in [5.41, 5.74) is 1.33. The highest BCUT2D eigenvalue weighted by molar-refractivity contribution is 5.49. The fourth-order valence-electron chi connectivity index (χ4n) is 1.38. The molecule has 1 aromatic rings. The summed E-state index contributed by atoms with van der Waals surface area (Å²) in [6, 6.07) is 7.33. The van der Waals surface area contributed by atoms with Gasteiger partial charge in [-0.25, -0.2) is 0 Å². The molecule has 0 unspecified atom stereocenters. The molecule has 2 rings (SSSR count). The quantitative estimate of drug-likeness (QED) is 0.682. The second-order valence-corrected chi connectivity index (χ2v) is 3.13. The van der Waals surface area contributed by atoms with Crippen LogP contribution in [0, 0.1) is 11.3 Å². The van der Waals surface area contributed by atoms with Gasteiger partial charge >= 0.3 is 0 Å². The lowest BCUT2D eigenvalue weighted by molar-refractivity contribution is 0.466. The van der Waals surface area contributed by atoms with Crippen LogP contribution < -0.4 is 0 Å². The molecule has 12 heavy (non-hydrogen) atoms. The second-order valence-electron chi connectivity index (χ2n) is 3.13. The van der Waals surface area contributed by atoms with Crippen molar-refractivity contribution >= 4 is 0 Å². The van der Waals surface area contributed by atoms with Gasteiger partial charge in [0.15, 0.2) is 0 Å². The van der Waals surface area contributed by atoms with E-state index in [-0.39, 0.29) is 5.75 Å². The molecule has 0 spiro atoms. The number of hydrogen-bond donors (Lipinski definition) is 1. The maximum Gasteiger partial charge on any atom is 0.136 e. The van der Waals surface area contributed by atoms with Crippen molar-refractivity contribution in [2.45, 2.75) is 18.8 Å². The van der Waals surface area contributed by atoms with Crippen LogP contribution >= 0.6 is 0 Å². The molecular formula is C10H9NO. The van der Waals surface area contributed by atoms with Gasteiger partial charge in [-0.2, -0.15) is 5.26 Å². The zero-order valence-electron chi connectivity index (χ0n) is 6.62. The Balaban J connectivity index is 2.49. The molecule has 1 saturated carbocycles. The minimum Gasteiger partial charge on any atom is -0.506 e. The first-order valence-corrected chi connectivity index (χ1v) is 4.05. The van der Waals surface area contributed by atoms with Crippen LogP contribution in [-0.2, 0) is 0 Å². The van der Waals surface area contributed by atoms with E-state index in [0.29, 0.717) is 11.5 Å². The van der Waals surface area contributed by atoms with Gasteiger partial charge in [-0.1, -0.05) is 12.1 Å². The van der Waals surface area contributed by atoms with Crippen LogP contribution in [-0.4, -0.2) is 5.11 Å². The van der Waals surface area contributed by atoms with E-state index >= 15 is 0 Å². The SMILES string of the molecule is N#Cc1cccc(C2CC2)c1O. The summed E-state index contributed by atoms with van der Waals surface area (Å²) in [7, 11) is 0. The van der Waals surface area contributed by atoms with E-state index in [2.05, 4.69) is 0 Å². The molecule has 1 aromatic carbocycles. The highest BCUT2D eigenvalue weighted by atomic mass is 16.3. The predicted octanol–water partition coefficient (Wildman–Crippen LogP) is 2.14. The summed E-state index contributed by atoms with van der Waals surface area (Å²) in [4.78, 5) is 0. The number of nitrogens with zero attached hydrogens (tertiary/aromatic N) is 1.